The molecule has 34 heavy (non-hydrogen) atoms. The largest absolute Gasteiger partial charge is 0.377 e. The molecule has 0 saturated carbocycles. The van der Waals surface area contributed by atoms with E-state index < -0.39 is 42.4 Å². The van der Waals surface area contributed by atoms with Crippen molar-refractivity contribution in [2.24, 2.45) is 0 Å². The van der Waals surface area contributed by atoms with Crippen molar-refractivity contribution in [1.82, 2.24) is 5.32 Å². The molecule has 0 aromatic heterocycles. The summed E-state index contributed by atoms with van der Waals surface area (Å²) in [5.41, 5.74) is -1.28. The van der Waals surface area contributed by atoms with Gasteiger partial charge in [-0.25, -0.2) is 18.0 Å². The lowest BCUT2D eigenvalue weighted by atomic mass is 9.96. The number of carbonyl (C=O) groups is 2. The number of anilines is 2. The Labute approximate surface area is 197 Å². The first-order valence-electron chi connectivity index (χ1n) is 10.3. The molecule has 0 bridgehead atoms. The van der Waals surface area contributed by atoms with Crippen molar-refractivity contribution in [2.45, 2.75) is 18.1 Å². The van der Waals surface area contributed by atoms with Gasteiger partial charge in [-0.1, -0.05) is 35.9 Å². The van der Waals surface area contributed by atoms with Gasteiger partial charge in [-0.15, -0.1) is 0 Å². The van der Waals surface area contributed by atoms with E-state index in [0.29, 0.717) is 11.1 Å². The first kappa shape index (κ1) is 22.2. The van der Waals surface area contributed by atoms with E-state index in [0.717, 1.165) is 4.90 Å². The molecule has 2 aliphatic rings. The Balaban J connectivity index is 1.52. The van der Waals surface area contributed by atoms with Crippen LogP contribution in [0.5, 0.6) is 0 Å². The SMILES string of the molecule is O=C1N[C@H](c2cc(F)ccc2Cl)c2c(NC(=O)N3C[C@](O)(C(F)F)c4ccccc43)cccc21. The maximum Gasteiger partial charge on any atom is 0.326 e. The Morgan fingerprint density at radius 2 is 1.94 bits per heavy atom. The van der Waals surface area contributed by atoms with Crippen LogP contribution in [0.3, 0.4) is 0 Å². The average Bonchev–Trinajstić information content (AvgIpc) is 3.32. The zero-order chi connectivity index (χ0) is 24.2. The summed E-state index contributed by atoms with van der Waals surface area (Å²) in [6.45, 7) is -0.652. The molecule has 0 unspecified atom stereocenters. The minimum atomic E-state index is -3.12. The predicted molar refractivity (Wildman–Crippen MR) is 120 cm³/mol. The van der Waals surface area contributed by atoms with E-state index in [1.54, 1.807) is 24.3 Å². The first-order valence-corrected chi connectivity index (χ1v) is 10.7. The van der Waals surface area contributed by atoms with Crippen LogP contribution in [0, 0.1) is 5.82 Å². The van der Waals surface area contributed by atoms with Gasteiger partial charge in [0.15, 0.2) is 5.60 Å². The van der Waals surface area contributed by atoms with Gasteiger partial charge in [0, 0.05) is 33.0 Å². The zero-order valence-corrected chi connectivity index (χ0v) is 18.1. The third kappa shape index (κ3) is 3.39. The van der Waals surface area contributed by atoms with Crippen LogP contribution in [0.15, 0.2) is 60.7 Å². The number of β-amino-alcohol motifs (C(OH)–C–C–N with tert-alkyl or cyclic N) is 1. The Morgan fingerprint density at radius 3 is 2.71 bits per heavy atom. The van der Waals surface area contributed by atoms with Crippen molar-refractivity contribution in [3.8, 4) is 0 Å². The van der Waals surface area contributed by atoms with Gasteiger partial charge >= 0.3 is 6.03 Å². The molecule has 10 heteroatoms. The first-order chi connectivity index (χ1) is 16.2. The van der Waals surface area contributed by atoms with Crippen molar-refractivity contribution < 1.29 is 27.9 Å². The second-order valence-corrected chi connectivity index (χ2v) is 8.50. The van der Waals surface area contributed by atoms with Crippen molar-refractivity contribution >= 4 is 34.9 Å². The van der Waals surface area contributed by atoms with Crippen LogP contribution in [0.2, 0.25) is 5.02 Å². The molecule has 2 heterocycles. The number of urea groups is 1. The monoisotopic (exact) mass is 487 g/mol. The Morgan fingerprint density at radius 1 is 1.18 bits per heavy atom. The Hall–Kier alpha value is -3.56. The van der Waals surface area contributed by atoms with Crippen molar-refractivity contribution in [1.29, 1.82) is 0 Å². The highest BCUT2D eigenvalue weighted by molar-refractivity contribution is 6.31. The topological polar surface area (TPSA) is 81.7 Å². The minimum Gasteiger partial charge on any atom is -0.377 e. The lowest BCUT2D eigenvalue weighted by Gasteiger charge is -2.24. The lowest BCUT2D eigenvalue weighted by molar-refractivity contribution is -0.0890. The smallest absolute Gasteiger partial charge is 0.326 e. The molecule has 2 aliphatic heterocycles. The van der Waals surface area contributed by atoms with Crippen molar-refractivity contribution in [2.75, 3.05) is 16.8 Å². The Kier molecular flexibility index (Phi) is 5.26. The third-order valence-electron chi connectivity index (χ3n) is 6.09. The second-order valence-electron chi connectivity index (χ2n) is 8.10. The molecular formula is C24H17ClF3N3O3. The molecule has 2 atom stereocenters. The van der Waals surface area contributed by atoms with Crippen LogP contribution >= 0.6 is 11.6 Å². The van der Waals surface area contributed by atoms with Crippen LogP contribution in [0.25, 0.3) is 0 Å². The molecule has 0 saturated heterocycles. The number of hydrogen-bond donors (Lipinski definition) is 3. The van der Waals surface area contributed by atoms with Crippen LogP contribution in [-0.2, 0) is 5.60 Å². The number of nitrogens with one attached hydrogen (secondary N) is 2. The fraction of sp³-hybridized carbons (Fsp3) is 0.167. The van der Waals surface area contributed by atoms with Gasteiger partial charge in [0.05, 0.1) is 18.3 Å². The molecule has 0 spiro atoms. The van der Waals surface area contributed by atoms with E-state index in [1.165, 1.54) is 36.4 Å². The highest BCUT2D eigenvalue weighted by atomic mass is 35.5. The van der Waals surface area contributed by atoms with Crippen molar-refractivity contribution in [3.63, 3.8) is 0 Å². The Bertz CT molecular complexity index is 1340. The van der Waals surface area contributed by atoms with Gasteiger partial charge in [0.1, 0.15) is 5.82 Å². The maximum absolute atomic E-state index is 13.9. The number of para-hydroxylation sites is 1. The minimum absolute atomic E-state index is 0.0558. The number of hydrogen-bond acceptors (Lipinski definition) is 3. The van der Waals surface area contributed by atoms with Gasteiger partial charge in [0.2, 0.25) is 0 Å². The normalized spacial score (nSPS) is 20.8. The highest BCUT2D eigenvalue weighted by Gasteiger charge is 2.50. The number of alkyl halides is 2. The molecule has 0 fully saturated rings. The average molecular weight is 488 g/mol. The summed E-state index contributed by atoms with van der Waals surface area (Å²) >= 11 is 6.26. The molecule has 3 aromatic rings. The van der Waals surface area contributed by atoms with Gasteiger partial charge < -0.3 is 15.7 Å². The number of amides is 3. The number of rotatable bonds is 3. The molecule has 174 valence electrons. The second kappa shape index (κ2) is 8.03. The summed E-state index contributed by atoms with van der Waals surface area (Å²) < 4.78 is 41.3. The molecule has 0 aliphatic carbocycles. The zero-order valence-electron chi connectivity index (χ0n) is 17.4. The number of halogens is 4. The van der Waals surface area contributed by atoms with Crippen molar-refractivity contribution in [3.05, 3.63) is 93.8 Å². The van der Waals surface area contributed by atoms with E-state index in [9.17, 15) is 27.9 Å². The number of benzene rings is 3. The number of nitrogens with zero attached hydrogens (tertiary/aromatic N) is 1. The summed E-state index contributed by atoms with van der Waals surface area (Å²) in [6, 6.07) is 12.7. The van der Waals surface area contributed by atoms with Gasteiger partial charge in [0.25, 0.3) is 12.3 Å². The van der Waals surface area contributed by atoms with Crippen LogP contribution in [0.4, 0.5) is 29.3 Å². The lowest BCUT2D eigenvalue weighted by Crippen LogP contribution is -2.43. The maximum atomic E-state index is 13.9. The number of carbonyl (C=O) groups excluding carboxylic acids is 2. The standard InChI is InChI=1S/C24H17ClF3N3O3/c25-16-9-8-12(26)10-14(16)20-19-13(21(32)30-20)4-3-6-17(19)29-23(33)31-11-24(34,22(27)28)15-5-1-2-7-18(15)31/h1-10,20,22,34H,11H2,(H,29,33)(H,30,32)/t20-,24-/m1/s1. The van der Waals surface area contributed by atoms with E-state index in [-0.39, 0.29) is 27.5 Å². The molecular weight excluding hydrogens is 471 g/mol. The fourth-order valence-electron chi connectivity index (χ4n) is 4.47. The molecule has 5 rings (SSSR count). The summed E-state index contributed by atoms with van der Waals surface area (Å²) in [5, 5.41) is 16.2. The third-order valence-corrected chi connectivity index (χ3v) is 6.44. The summed E-state index contributed by atoms with van der Waals surface area (Å²) in [6.07, 6.45) is -3.12. The number of fused-ring (bicyclic) bond motifs is 2. The van der Waals surface area contributed by atoms with Gasteiger partial charge in [-0.2, -0.15) is 0 Å². The van der Waals surface area contributed by atoms with E-state index >= 15 is 0 Å². The van der Waals surface area contributed by atoms with Gasteiger partial charge in [-0.3, -0.25) is 9.69 Å². The van der Waals surface area contributed by atoms with Crippen LogP contribution in [0.1, 0.15) is 33.1 Å². The summed E-state index contributed by atoms with van der Waals surface area (Å²) in [7, 11) is 0. The quantitative estimate of drug-likeness (QED) is 0.495. The highest BCUT2D eigenvalue weighted by Crippen LogP contribution is 2.44. The van der Waals surface area contributed by atoms with Crippen LogP contribution in [-0.4, -0.2) is 30.0 Å². The molecule has 3 N–H and O–H groups in total. The summed E-state index contributed by atoms with van der Waals surface area (Å²) in [4.78, 5) is 26.8. The predicted octanol–water partition coefficient (Wildman–Crippen LogP) is 4.82. The molecule has 3 amide bonds. The van der Waals surface area contributed by atoms with E-state index in [4.69, 9.17) is 11.6 Å². The summed E-state index contributed by atoms with van der Waals surface area (Å²) in [5.74, 6) is -0.987. The molecule has 6 nitrogen and oxygen atoms in total. The molecule has 3 aromatic carbocycles. The van der Waals surface area contributed by atoms with E-state index in [2.05, 4.69) is 10.6 Å². The van der Waals surface area contributed by atoms with E-state index in [1.807, 2.05) is 0 Å². The fourth-order valence-corrected chi connectivity index (χ4v) is 4.70. The van der Waals surface area contributed by atoms with Crippen LogP contribution < -0.4 is 15.5 Å². The molecule has 0 radical (unpaired) electrons. The number of aliphatic hydroxyl groups is 1. The van der Waals surface area contributed by atoms with Gasteiger partial charge in [-0.05, 0) is 36.4 Å².